The van der Waals surface area contributed by atoms with Crippen LogP contribution in [0.15, 0.2) is 30.6 Å². The van der Waals surface area contributed by atoms with Crippen LogP contribution in [0.4, 0.5) is 5.69 Å². The van der Waals surface area contributed by atoms with Crippen molar-refractivity contribution in [2.45, 2.75) is 13.1 Å². The number of benzene rings is 1. The van der Waals surface area contributed by atoms with Gasteiger partial charge in [-0.2, -0.15) is 0 Å². The number of amides is 1. The summed E-state index contributed by atoms with van der Waals surface area (Å²) < 4.78 is 7.25. The number of imidazole rings is 1. The molecule has 2 N–H and O–H groups in total. The summed E-state index contributed by atoms with van der Waals surface area (Å²) in [5.41, 5.74) is 0.579. The summed E-state index contributed by atoms with van der Waals surface area (Å²) in [6, 6.07) is 5.14. The quantitative estimate of drug-likeness (QED) is 0.906. The number of ether oxygens (including phenoxy) is 1. The van der Waals surface area contributed by atoms with Crippen LogP contribution in [-0.2, 0) is 17.9 Å². The SMILES string of the molecule is COc1ccc(Cl)cc1NC(=O)C1CNCc2nccn2C1. The van der Waals surface area contributed by atoms with Gasteiger partial charge in [0.05, 0.1) is 25.3 Å². The number of halogens is 1. The van der Waals surface area contributed by atoms with Crippen LogP contribution < -0.4 is 15.4 Å². The number of fused-ring (bicyclic) bond motifs is 1. The molecule has 7 heteroatoms. The maximum absolute atomic E-state index is 12.5. The van der Waals surface area contributed by atoms with E-state index in [2.05, 4.69) is 15.6 Å². The second kappa shape index (κ2) is 6.37. The summed E-state index contributed by atoms with van der Waals surface area (Å²) in [6.45, 7) is 1.85. The monoisotopic (exact) mass is 320 g/mol. The Bertz CT molecular complexity index is 686. The molecule has 2 aromatic rings. The summed E-state index contributed by atoms with van der Waals surface area (Å²) in [6.07, 6.45) is 3.64. The minimum Gasteiger partial charge on any atom is -0.495 e. The molecular formula is C15H17ClN4O2. The average molecular weight is 321 g/mol. The first-order valence-electron chi connectivity index (χ1n) is 7.02. The standard InChI is InChI=1S/C15H17ClN4O2/c1-22-13-3-2-11(16)6-12(13)19-15(21)10-7-17-8-14-18-4-5-20(14)9-10/h2-6,10,17H,7-9H2,1H3,(H,19,21). The summed E-state index contributed by atoms with van der Waals surface area (Å²) in [5, 5.41) is 6.69. The third kappa shape index (κ3) is 3.08. The van der Waals surface area contributed by atoms with E-state index in [0.717, 1.165) is 5.82 Å². The van der Waals surface area contributed by atoms with Gasteiger partial charge in [0.1, 0.15) is 11.6 Å². The Hall–Kier alpha value is -2.05. The zero-order valence-corrected chi connectivity index (χ0v) is 12.9. The number of carbonyl (C=O) groups excluding carboxylic acids is 1. The summed E-state index contributed by atoms with van der Waals surface area (Å²) in [4.78, 5) is 16.8. The van der Waals surface area contributed by atoms with Gasteiger partial charge in [-0.25, -0.2) is 4.98 Å². The number of nitrogens with one attached hydrogen (secondary N) is 2. The van der Waals surface area contributed by atoms with Crippen LogP contribution in [0.1, 0.15) is 5.82 Å². The van der Waals surface area contributed by atoms with Gasteiger partial charge in [-0.1, -0.05) is 11.6 Å². The van der Waals surface area contributed by atoms with Crippen molar-refractivity contribution in [3.05, 3.63) is 41.4 Å². The highest BCUT2D eigenvalue weighted by atomic mass is 35.5. The fourth-order valence-corrected chi connectivity index (χ4v) is 2.69. The topological polar surface area (TPSA) is 68.2 Å². The van der Waals surface area contributed by atoms with Gasteiger partial charge in [-0.05, 0) is 18.2 Å². The van der Waals surface area contributed by atoms with Crippen LogP contribution in [0.2, 0.25) is 5.02 Å². The highest BCUT2D eigenvalue weighted by Gasteiger charge is 2.23. The molecule has 1 unspecified atom stereocenters. The Morgan fingerprint density at radius 1 is 1.55 bits per heavy atom. The van der Waals surface area contributed by atoms with Gasteiger partial charge < -0.3 is 19.9 Å². The Balaban J connectivity index is 1.76. The van der Waals surface area contributed by atoms with Crippen molar-refractivity contribution >= 4 is 23.2 Å². The lowest BCUT2D eigenvalue weighted by molar-refractivity contribution is -0.120. The van der Waals surface area contributed by atoms with Crippen molar-refractivity contribution in [2.24, 2.45) is 5.92 Å². The Kier molecular flexibility index (Phi) is 4.31. The van der Waals surface area contributed by atoms with E-state index in [4.69, 9.17) is 16.3 Å². The lowest BCUT2D eigenvalue weighted by Crippen LogP contribution is -2.32. The molecule has 22 heavy (non-hydrogen) atoms. The van der Waals surface area contributed by atoms with Crippen LogP contribution in [0.5, 0.6) is 5.75 Å². The third-order valence-corrected chi connectivity index (χ3v) is 3.92. The zero-order valence-electron chi connectivity index (χ0n) is 12.2. The van der Waals surface area contributed by atoms with Gasteiger partial charge in [-0.15, -0.1) is 0 Å². The third-order valence-electron chi connectivity index (χ3n) is 3.68. The van der Waals surface area contributed by atoms with E-state index >= 15 is 0 Å². The number of hydrogen-bond acceptors (Lipinski definition) is 4. The largest absolute Gasteiger partial charge is 0.495 e. The number of anilines is 1. The highest BCUT2D eigenvalue weighted by molar-refractivity contribution is 6.31. The minimum absolute atomic E-state index is 0.0744. The minimum atomic E-state index is -0.195. The Labute approximate surface area is 133 Å². The molecule has 6 nitrogen and oxygen atoms in total. The molecule has 2 heterocycles. The van der Waals surface area contributed by atoms with E-state index in [9.17, 15) is 4.79 Å². The molecule has 1 aliphatic rings. The summed E-state index contributed by atoms with van der Waals surface area (Å²) in [5.74, 6) is 1.26. The Morgan fingerprint density at radius 3 is 3.23 bits per heavy atom. The summed E-state index contributed by atoms with van der Waals surface area (Å²) in [7, 11) is 1.56. The van der Waals surface area contributed by atoms with Gasteiger partial charge >= 0.3 is 0 Å². The van der Waals surface area contributed by atoms with E-state index < -0.39 is 0 Å². The molecule has 0 fully saturated rings. The van der Waals surface area contributed by atoms with Crippen LogP contribution in [0.3, 0.4) is 0 Å². The van der Waals surface area contributed by atoms with E-state index in [1.807, 2.05) is 10.8 Å². The normalized spacial score (nSPS) is 17.5. The average Bonchev–Trinajstić information content (AvgIpc) is 2.84. The van der Waals surface area contributed by atoms with Crippen LogP contribution in [-0.4, -0.2) is 29.1 Å². The molecule has 0 radical (unpaired) electrons. The van der Waals surface area contributed by atoms with Crippen molar-refractivity contribution in [3.63, 3.8) is 0 Å². The van der Waals surface area contributed by atoms with Crippen LogP contribution >= 0.6 is 11.6 Å². The van der Waals surface area contributed by atoms with E-state index in [-0.39, 0.29) is 11.8 Å². The molecular weight excluding hydrogens is 304 g/mol. The molecule has 1 aromatic carbocycles. The summed E-state index contributed by atoms with van der Waals surface area (Å²) >= 11 is 5.99. The van der Waals surface area contributed by atoms with Gasteiger partial charge in [0.15, 0.2) is 0 Å². The molecule has 116 valence electrons. The first-order valence-corrected chi connectivity index (χ1v) is 7.40. The maximum Gasteiger partial charge on any atom is 0.230 e. The first-order chi connectivity index (χ1) is 10.7. The van der Waals surface area contributed by atoms with E-state index in [1.165, 1.54) is 0 Å². The molecule has 0 saturated heterocycles. The molecule has 0 aliphatic carbocycles. The number of aromatic nitrogens is 2. The Morgan fingerprint density at radius 2 is 2.41 bits per heavy atom. The molecule has 1 atom stereocenters. The number of hydrogen-bond donors (Lipinski definition) is 2. The van der Waals surface area contributed by atoms with Crippen molar-refractivity contribution in [3.8, 4) is 5.75 Å². The molecule has 1 aromatic heterocycles. The molecule has 1 amide bonds. The van der Waals surface area contributed by atoms with Crippen molar-refractivity contribution in [2.75, 3.05) is 19.0 Å². The highest BCUT2D eigenvalue weighted by Crippen LogP contribution is 2.28. The molecule has 0 bridgehead atoms. The molecule has 1 aliphatic heterocycles. The van der Waals surface area contributed by atoms with Crippen molar-refractivity contribution < 1.29 is 9.53 Å². The van der Waals surface area contributed by atoms with E-state index in [1.54, 1.807) is 31.5 Å². The first kappa shape index (κ1) is 14.9. The molecule has 0 saturated carbocycles. The predicted octanol–water partition coefficient (Wildman–Crippen LogP) is 1.90. The zero-order chi connectivity index (χ0) is 15.5. The van der Waals surface area contributed by atoms with Gasteiger partial charge in [0, 0.05) is 30.5 Å². The number of carbonyl (C=O) groups is 1. The predicted molar refractivity (Wildman–Crippen MR) is 84.1 cm³/mol. The second-order valence-electron chi connectivity index (χ2n) is 5.16. The van der Waals surface area contributed by atoms with Gasteiger partial charge in [0.25, 0.3) is 0 Å². The number of methoxy groups -OCH3 is 1. The van der Waals surface area contributed by atoms with Gasteiger partial charge in [0.2, 0.25) is 5.91 Å². The van der Waals surface area contributed by atoms with Gasteiger partial charge in [-0.3, -0.25) is 4.79 Å². The van der Waals surface area contributed by atoms with E-state index in [0.29, 0.717) is 36.1 Å². The number of rotatable bonds is 3. The van der Waals surface area contributed by atoms with Crippen molar-refractivity contribution in [1.29, 1.82) is 0 Å². The molecule has 0 spiro atoms. The fraction of sp³-hybridized carbons (Fsp3) is 0.333. The molecule has 3 rings (SSSR count). The number of nitrogens with zero attached hydrogens (tertiary/aromatic N) is 2. The second-order valence-corrected chi connectivity index (χ2v) is 5.59. The smallest absolute Gasteiger partial charge is 0.230 e. The fourth-order valence-electron chi connectivity index (χ4n) is 2.52. The maximum atomic E-state index is 12.5. The van der Waals surface area contributed by atoms with Crippen LogP contribution in [0, 0.1) is 5.92 Å². The van der Waals surface area contributed by atoms with Crippen LogP contribution in [0.25, 0.3) is 0 Å². The lowest BCUT2D eigenvalue weighted by Gasteiger charge is -2.17. The lowest BCUT2D eigenvalue weighted by atomic mass is 10.1. The van der Waals surface area contributed by atoms with Crippen molar-refractivity contribution in [1.82, 2.24) is 14.9 Å².